The summed E-state index contributed by atoms with van der Waals surface area (Å²) in [6, 6.07) is 10.2. The highest BCUT2D eigenvalue weighted by molar-refractivity contribution is 7.07. The number of rotatable bonds is 7. The lowest BCUT2D eigenvalue weighted by Crippen LogP contribution is -2.39. The van der Waals surface area contributed by atoms with Gasteiger partial charge in [-0.1, -0.05) is 32.9 Å². The third-order valence-corrected chi connectivity index (χ3v) is 6.10. The summed E-state index contributed by atoms with van der Waals surface area (Å²) >= 11 is 1.76. The second-order valence-corrected chi connectivity index (χ2v) is 9.50. The molecule has 0 saturated carbocycles. The first-order chi connectivity index (χ1) is 13.4. The summed E-state index contributed by atoms with van der Waals surface area (Å²) < 4.78 is 5.63. The van der Waals surface area contributed by atoms with E-state index in [4.69, 9.17) is 4.74 Å². The maximum absolute atomic E-state index is 12.1. The second kappa shape index (κ2) is 9.57. The van der Waals surface area contributed by atoms with Crippen LogP contribution >= 0.6 is 11.3 Å². The summed E-state index contributed by atoms with van der Waals surface area (Å²) in [7, 11) is 0. The van der Waals surface area contributed by atoms with E-state index >= 15 is 0 Å². The fraction of sp³-hybridized carbons (Fsp3) is 0.522. The molecule has 0 radical (unpaired) electrons. The minimum atomic E-state index is -0.0411. The van der Waals surface area contributed by atoms with Crippen LogP contribution in [0, 0.1) is 5.92 Å². The Bertz CT molecular complexity index is 727. The van der Waals surface area contributed by atoms with Gasteiger partial charge in [0, 0.05) is 13.1 Å². The number of nitrogens with zero attached hydrogens (tertiary/aromatic N) is 1. The van der Waals surface area contributed by atoms with Crippen molar-refractivity contribution in [2.45, 2.75) is 45.6 Å². The highest BCUT2D eigenvalue weighted by atomic mass is 32.1. The van der Waals surface area contributed by atoms with Crippen molar-refractivity contribution in [3.8, 4) is 5.75 Å². The van der Waals surface area contributed by atoms with Gasteiger partial charge in [0.1, 0.15) is 5.75 Å². The van der Waals surface area contributed by atoms with Gasteiger partial charge in [-0.3, -0.25) is 9.69 Å². The van der Waals surface area contributed by atoms with Crippen LogP contribution in [0.3, 0.4) is 0 Å². The third-order valence-electron chi connectivity index (χ3n) is 5.37. The van der Waals surface area contributed by atoms with Gasteiger partial charge in [-0.2, -0.15) is 11.3 Å². The van der Waals surface area contributed by atoms with Crippen molar-refractivity contribution in [2.24, 2.45) is 5.92 Å². The van der Waals surface area contributed by atoms with E-state index in [-0.39, 0.29) is 17.9 Å². The third kappa shape index (κ3) is 6.35. The van der Waals surface area contributed by atoms with Crippen LogP contribution in [0.2, 0.25) is 0 Å². The normalized spacial score (nSPS) is 16.1. The highest BCUT2D eigenvalue weighted by Gasteiger charge is 2.20. The SMILES string of the molecule is CC(C)(C)c1ccc(OCC(=O)NCC2CCN(Cc3ccsc3)CC2)cc1. The molecule has 28 heavy (non-hydrogen) atoms. The second-order valence-electron chi connectivity index (χ2n) is 8.72. The lowest BCUT2D eigenvalue weighted by molar-refractivity contribution is -0.123. The monoisotopic (exact) mass is 400 g/mol. The van der Waals surface area contributed by atoms with Crippen molar-refractivity contribution in [1.29, 1.82) is 0 Å². The molecule has 0 spiro atoms. The van der Waals surface area contributed by atoms with Crippen LogP contribution in [0.1, 0.15) is 44.7 Å². The van der Waals surface area contributed by atoms with Crippen LogP contribution in [0.25, 0.3) is 0 Å². The van der Waals surface area contributed by atoms with Crippen molar-refractivity contribution in [3.63, 3.8) is 0 Å². The van der Waals surface area contributed by atoms with Gasteiger partial charge >= 0.3 is 0 Å². The van der Waals surface area contributed by atoms with E-state index < -0.39 is 0 Å². The van der Waals surface area contributed by atoms with Gasteiger partial charge in [-0.05, 0) is 77.4 Å². The average Bonchev–Trinajstić information content (AvgIpc) is 3.18. The first-order valence-corrected chi connectivity index (χ1v) is 11.1. The summed E-state index contributed by atoms with van der Waals surface area (Å²) in [5, 5.41) is 7.40. The van der Waals surface area contributed by atoms with Crippen LogP contribution in [0.4, 0.5) is 0 Å². The summed E-state index contributed by atoms with van der Waals surface area (Å²) in [5.74, 6) is 1.26. The number of hydrogen-bond donors (Lipinski definition) is 1. The quantitative estimate of drug-likeness (QED) is 0.746. The van der Waals surface area contributed by atoms with Crippen LogP contribution in [-0.2, 0) is 16.8 Å². The Morgan fingerprint density at radius 3 is 2.50 bits per heavy atom. The molecule has 5 heteroatoms. The predicted octanol–water partition coefficient (Wildman–Crippen LogP) is 4.45. The van der Waals surface area contributed by atoms with E-state index in [1.165, 1.54) is 11.1 Å². The van der Waals surface area contributed by atoms with E-state index in [1.807, 2.05) is 12.1 Å². The molecule has 1 amide bonds. The Morgan fingerprint density at radius 2 is 1.89 bits per heavy atom. The molecule has 1 aliphatic rings. The number of piperidine rings is 1. The Kier molecular flexibility index (Phi) is 7.13. The van der Waals surface area contributed by atoms with Gasteiger partial charge in [-0.25, -0.2) is 0 Å². The van der Waals surface area contributed by atoms with Crippen LogP contribution in [0.5, 0.6) is 5.75 Å². The lowest BCUT2D eigenvalue weighted by atomic mass is 9.87. The number of benzene rings is 1. The predicted molar refractivity (Wildman–Crippen MR) is 116 cm³/mol. The van der Waals surface area contributed by atoms with E-state index in [9.17, 15) is 4.79 Å². The molecule has 1 aromatic carbocycles. The Morgan fingerprint density at radius 1 is 1.18 bits per heavy atom. The number of likely N-dealkylation sites (tertiary alicyclic amines) is 1. The van der Waals surface area contributed by atoms with Crippen molar-refractivity contribution in [2.75, 3.05) is 26.2 Å². The Labute approximate surface area is 172 Å². The minimum absolute atomic E-state index is 0.0411. The summed E-state index contributed by atoms with van der Waals surface area (Å²) in [4.78, 5) is 14.6. The molecule has 2 aromatic rings. The molecule has 1 aromatic heterocycles. The molecule has 0 atom stereocenters. The average molecular weight is 401 g/mol. The van der Waals surface area contributed by atoms with Crippen LogP contribution in [0.15, 0.2) is 41.1 Å². The number of amides is 1. The van der Waals surface area contributed by atoms with E-state index in [1.54, 1.807) is 11.3 Å². The molecule has 0 unspecified atom stereocenters. The maximum atomic E-state index is 12.1. The molecule has 1 saturated heterocycles. The molecule has 3 rings (SSSR count). The topological polar surface area (TPSA) is 41.6 Å². The van der Waals surface area contributed by atoms with Crippen molar-refractivity contribution >= 4 is 17.2 Å². The van der Waals surface area contributed by atoms with Crippen molar-refractivity contribution in [3.05, 3.63) is 52.2 Å². The number of carbonyl (C=O) groups excluding carboxylic acids is 1. The molecule has 1 aliphatic heterocycles. The first kappa shape index (κ1) is 20.9. The molecule has 4 nitrogen and oxygen atoms in total. The fourth-order valence-corrected chi connectivity index (χ4v) is 4.16. The zero-order chi connectivity index (χ0) is 20.0. The summed E-state index contributed by atoms with van der Waals surface area (Å²) in [5.41, 5.74) is 2.79. The largest absolute Gasteiger partial charge is 0.484 e. The number of nitrogens with one attached hydrogen (secondary N) is 1. The smallest absolute Gasteiger partial charge is 0.257 e. The minimum Gasteiger partial charge on any atom is -0.484 e. The van der Waals surface area contributed by atoms with Gasteiger partial charge < -0.3 is 10.1 Å². The summed E-state index contributed by atoms with van der Waals surface area (Å²) in [6.45, 7) is 10.6. The highest BCUT2D eigenvalue weighted by Crippen LogP contribution is 2.24. The number of thiophene rings is 1. The van der Waals surface area contributed by atoms with Crippen molar-refractivity contribution in [1.82, 2.24) is 10.2 Å². The molecular weight excluding hydrogens is 368 g/mol. The molecule has 2 heterocycles. The molecule has 1 N–H and O–H groups in total. The maximum Gasteiger partial charge on any atom is 0.257 e. The van der Waals surface area contributed by atoms with Gasteiger partial charge in [0.05, 0.1) is 0 Å². The number of carbonyl (C=O) groups is 1. The summed E-state index contributed by atoms with van der Waals surface area (Å²) in [6.07, 6.45) is 2.28. The van der Waals surface area contributed by atoms with Gasteiger partial charge in [-0.15, -0.1) is 0 Å². The van der Waals surface area contributed by atoms with E-state index in [0.717, 1.165) is 44.8 Å². The van der Waals surface area contributed by atoms with Crippen LogP contribution < -0.4 is 10.1 Å². The zero-order valence-corrected chi connectivity index (χ0v) is 18.1. The van der Waals surface area contributed by atoms with Gasteiger partial charge in [0.25, 0.3) is 5.91 Å². The number of hydrogen-bond acceptors (Lipinski definition) is 4. The van der Waals surface area contributed by atoms with E-state index in [0.29, 0.717) is 5.92 Å². The standard InChI is InChI=1S/C23H32N2O2S/c1-23(2,3)20-4-6-21(7-5-20)27-16-22(26)24-14-18-8-11-25(12-9-18)15-19-10-13-28-17-19/h4-7,10,13,17-18H,8-9,11-12,14-16H2,1-3H3,(H,24,26). The van der Waals surface area contributed by atoms with E-state index in [2.05, 4.69) is 59.9 Å². The first-order valence-electron chi connectivity index (χ1n) is 10.1. The van der Waals surface area contributed by atoms with Gasteiger partial charge in [0.15, 0.2) is 6.61 Å². The molecule has 0 bridgehead atoms. The molecular formula is C23H32N2O2S. The molecule has 152 valence electrons. The Balaban J connectivity index is 1.32. The Hall–Kier alpha value is -1.85. The zero-order valence-electron chi connectivity index (χ0n) is 17.2. The number of ether oxygens (including phenoxy) is 1. The fourth-order valence-electron chi connectivity index (χ4n) is 3.50. The van der Waals surface area contributed by atoms with Gasteiger partial charge in [0.2, 0.25) is 0 Å². The molecule has 1 fully saturated rings. The lowest BCUT2D eigenvalue weighted by Gasteiger charge is -2.31. The van der Waals surface area contributed by atoms with Crippen LogP contribution in [-0.4, -0.2) is 37.0 Å². The molecule has 0 aliphatic carbocycles. The van der Waals surface area contributed by atoms with Crippen molar-refractivity contribution < 1.29 is 9.53 Å².